The molecule has 8 heteroatoms. The molecular formula is C21H26FN5O2. The number of aromatic nitrogens is 2. The molecule has 7 nitrogen and oxygen atoms in total. The predicted molar refractivity (Wildman–Crippen MR) is 107 cm³/mol. The maximum atomic E-state index is 13.3. The molecule has 4 rings (SSSR count). The highest BCUT2D eigenvalue weighted by Crippen LogP contribution is 2.37. The number of nitrogens with one attached hydrogen (secondary N) is 2. The summed E-state index contributed by atoms with van der Waals surface area (Å²) < 4.78 is 18.7. The minimum Gasteiger partial charge on any atom is -0.381 e. The zero-order valence-electron chi connectivity index (χ0n) is 16.7. The van der Waals surface area contributed by atoms with Crippen molar-refractivity contribution in [1.82, 2.24) is 20.2 Å². The summed E-state index contributed by atoms with van der Waals surface area (Å²) in [6.07, 6.45) is 3.67. The first-order chi connectivity index (χ1) is 13.9. The topological polar surface area (TPSA) is 79.4 Å². The number of carbonyl (C=O) groups is 1. The van der Waals surface area contributed by atoms with Crippen LogP contribution >= 0.6 is 0 Å². The molecule has 0 spiro atoms. The molecule has 0 atom stereocenters. The number of fused-ring (bicyclic) bond motifs is 1. The third-order valence-electron chi connectivity index (χ3n) is 5.64. The predicted octanol–water partition coefficient (Wildman–Crippen LogP) is 3.17. The second kappa shape index (κ2) is 7.94. The SMILES string of the molecule is CC1(C)c2cnc(NC3CCOCC3)nc2CN1C(=O)NCc1cccc(F)c1. The quantitative estimate of drug-likeness (QED) is 0.826. The van der Waals surface area contributed by atoms with Gasteiger partial charge in [-0.2, -0.15) is 0 Å². The Kier molecular flexibility index (Phi) is 5.36. The molecule has 0 bridgehead atoms. The van der Waals surface area contributed by atoms with Crippen molar-refractivity contribution in [3.63, 3.8) is 0 Å². The van der Waals surface area contributed by atoms with Crippen LogP contribution in [0.4, 0.5) is 15.1 Å². The molecule has 0 radical (unpaired) electrons. The van der Waals surface area contributed by atoms with Gasteiger partial charge in [0.1, 0.15) is 5.82 Å². The van der Waals surface area contributed by atoms with Crippen molar-refractivity contribution < 1.29 is 13.9 Å². The van der Waals surface area contributed by atoms with Gasteiger partial charge in [-0.25, -0.2) is 19.2 Å². The van der Waals surface area contributed by atoms with Gasteiger partial charge in [-0.1, -0.05) is 12.1 Å². The van der Waals surface area contributed by atoms with Crippen molar-refractivity contribution in [2.45, 2.75) is 51.4 Å². The van der Waals surface area contributed by atoms with Crippen molar-refractivity contribution in [1.29, 1.82) is 0 Å². The van der Waals surface area contributed by atoms with E-state index in [1.54, 1.807) is 17.0 Å². The molecule has 154 valence electrons. The summed E-state index contributed by atoms with van der Waals surface area (Å²) in [5.74, 6) is 0.277. The van der Waals surface area contributed by atoms with Gasteiger partial charge in [0.05, 0.1) is 17.8 Å². The summed E-state index contributed by atoms with van der Waals surface area (Å²) in [7, 11) is 0. The van der Waals surface area contributed by atoms with Gasteiger partial charge in [0.15, 0.2) is 0 Å². The van der Waals surface area contributed by atoms with E-state index in [-0.39, 0.29) is 18.4 Å². The number of carbonyl (C=O) groups excluding carboxylic acids is 1. The minimum atomic E-state index is -0.529. The zero-order valence-corrected chi connectivity index (χ0v) is 16.7. The van der Waals surface area contributed by atoms with Crippen LogP contribution in [-0.4, -0.2) is 40.2 Å². The van der Waals surface area contributed by atoms with Gasteiger partial charge < -0.3 is 20.3 Å². The van der Waals surface area contributed by atoms with Crippen LogP contribution in [0.2, 0.25) is 0 Å². The Labute approximate surface area is 169 Å². The summed E-state index contributed by atoms with van der Waals surface area (Å²) in [5, 5.41) is 6.26. The van der Waals surface area contributed by atoms with Crippen LogP contribution in [0, 0.1) is 5.82 Å². The lowest BCUT2D eigenvalue weighted by Gasteiger charge is -2.32. The molecule has 1 aromatic carbocycles. The van der Waals surface area contributed by atoms with E-state index in [9.17, 15) is 9.18 Å². The van der Waals surface area contributed by atoms with Gasteiger partial charge in [0.2, 0.25) is 5.95 Å². The number of amides is 2. The van der Waals surface area contributed by atoms with Crippen molar-refractivity contribution in [3.05, 3.63) is 53.1 Å². The van der Waals surface area contributed by atoms with E-state index in [4.69, 9.17) is 4.74 Å². The Morgan fingerprint density at radius 3 is 2.90 bits per heavy atom. The zero-order chi connectivity index (χ0) is 20.4. The molecule has 0 saturated carbocycles. The Hall–Kier alpha value is -2.74. The molecule has 2 aliphatic rings. The average molecular weight is 399 g/mol. The van der Waals surface area contributed by atoms with Gasteiger partial charge in [0.25, 0.3) is 0 Å². The van der Waals surface area contributed by atoms with Crippen LogP contribution in [0.15, 0.2) is 30.5 Å². The number of nitrogens with zero attached hydrogens (tertiary/aromatic N) is 3. The van der Waals surface area contributed by atoms with Crippen LogP contribution in [0.3, 0.4) is 0 Å². The fourth-order valence-corrected chi connectivity index (χ4v) is 3.88. The maximum absolute atomic E-state index is 13.3. The van der Waals surface area contributed by atoms with Crippen LogP contribution < -0.4 is 10.6 Å². The monoisotopic (exact) mass is 399 g/mol. The number of rotatable bonds is 4. The van der Waals surface area contributed by atoms with E-state index in [1.807, 2.05) is 20.0 Å². The van der Waals surface area contributed by atoms with Gasteiger partial charge in [-0.15, -0.1) is 0 Å². The van der Waals surface area contributed by atoms with Gasteiger partial charge >= 0.3 is 6.03 Å². The lowest BCUT2D eigenvalue weighted by molar-refractivity contribution is 0.0903. The van der Waals surface area contributed by atoms with Crippen LogP contribution in [0.5, 0.6) is 0 Å². The maximum Gasteiger partial charge on any atom is 0.318 e. The number of ether oxygens (including phenoxy) is 1. The van der Waals surface area contributed by atoms with E-state index in [2.05, 4.69) is 20.6 Å². The second-order valence-electron chi connectivity index (χ2n) is 8.02. The van der Waals surface area contributed by atoms with E-state index in [1.165, 1.54) is 12.1 Å². The lowest BCUT2D eigenvalue weighted by Crippen LogP contribution is -2.45. The Morgan fingerprint density at radius 1 is 1.34 bits per heavy atom. The molecule has 1 fully saturated rings. The van der Waals surface area contributed by atoms with Gasteiger partial charge in [-0.05, 0) is 44.4 Å². The largest absolute Gasteiger partial charge is 0.381 e. The van der Waals surface area contributed by atoms with Crippen LogP contribution in [0.1, 0.15) is 43.5 Å². The highest BCUT2D eigenvalue weighted by atomic mass is 19.1. The number of urea groups is 1. The summed E-state index contributed by atoms with van der Waals surface area (Å²) >= 11 is 0. The van der Waals surface area contributed by atoms with E-state index >= 15 is 0 Å². The molecular weight excluding hydrogens is 373 g/mol. The molecule has 2 aromatic rings. The molecule has 0 aliphatic carbocycles. The van der Waals surface area contributed by atoms with Crippen LogP contribution in [0.25, 0.3) is 0 Å². The summed E-state index contributed by atoms with van der Waals surface area (Å²) in [6.45, 7) is 6.12. The number of hydrogen-bond donors (Lipinski definition) is 2. The van der Waals surface area contributed by atoms with E-state index < -0.39 is 5.54 Å². The first kappa shape index (κ1) is 19.6. The third kappa shape index (κ3) is 4.17. The van der Waals surface area contributed by atoms with E-state index in [0.29, 0.717) is 18.5 Å². The summed E-state index contributed by atoms with van der Waals surface area (Å²) in [4.78, 5) is 23.7. The smallest absolute Gasteiger partial charge is 0.318 e. The van der Waals surface area contributed by atoms with Crippen molar-refractivity contribution in [3.8, 4) is 0 Å². The lowest BCUT2D eigenvalue weighted by atomic mass is 9.97. The molecule has 1 aromatic heterocycles. The fraction of sp³-hybridized carbons (Fsp3) is 0.476. The van der Waals surface area contributed by atoms with Crippen LogP contribution in [-0.2, 0) is 23.4 Å². The first-order valence-electron chi connectivity index (χ1n) is 9.94. The fourth-order valence-electron chi connectivity index (χ4n) is 3.88. The summed E-state index contributed by atoms with van der Waals surface area (Å²) in [6, 6.07) is 6.32. The molecule has 2 amide bonds. The third-order valence-corrected chi connectivity index (χ3v) is 5.64. The first-order valence-corrected chi connectivity index (χ1v) is 9.94. The Morgan fingerprint density at radius 2 is 2.14 bits per heavy atom. The highest BCUT2D eigenvalue weighted by Gasteiger charge is 2.41. The molecule has 2 N–H and O–H groups in total. The van der Waals surface area contributed by atoms with E-state index in [0.717, 1.165) is 42.9 Å². The molecule has 29 heavy (non-hydrogen) atoms. The highest BCUT2D eigenvalue weighted by molar-refractivity contribution is 5.76. The normalized spacial score (nSPS) is 18.4. The summed E-state index contributed by atoms with van der Waals surface area (Å²) in [5.41, 5.74) is 1.98. The average Bonchev–Trinajstić information content (AvgIpc) is 2.97. The molecule has 1 saturated heterocycles. The van der Waals surface area contributed by atoms with Crippen molar-refractivity contribution >= 4 is 12.0 Å². The van der Waals surface area contributed by atoms with Gasteiger partial charge in [0, 0.05) is 37.6 Å². The Balaban J connectivity index is 1.43. The van der Waals surface area contributed by atoms with Crippen molar-refractivity contribution in [2.75, 3.05) is 18.5 Å². The molecule has 3 heterocycles. The molecule has 0 unspecified atom stereocenters. The second-order valence-corrected chi connectivity index (χ2v) is 8.02. The van der Waals surface area contributed by atoms with Gasteiger partial charge in [-0.3, -0.25) is 0 Å². The van der Waals surface area contributed by atoms with Crippen molar-refractivity contribution in [2.24, 2.45) is 0 Å². The number of anilines is 1. The molecule has 2 aliphatic heterocycles. The standard InChI is InChI=1S/C21H26FN5O2/c1-21(2)17-12-23-19(25-16-6-8-29-9-7-16)26-18(17)13-27(21)20(28)24-11-14-4-3-5-15(22)10-14/h3-5,10,12,16H,6-9,11,13H2,1-2H3,(H,24,28)(H,23,25,26). The number of hydrogen-bond acceptors (Lipinski definition) is 5. The number of benzene rings is 1. The minimum absolute atomic E-state index is 0.212. The Bertz CT molecular complexity index is 898. The number of halogens is 1.